The van der Waals surface area contributed by atoms with Gasteiger partial charge in [-0.2, -0.15) is 0 Å². The number of carbonyl (C=O) groups excluding carboxylic acids is 1. The second-order valence-electron chi connectivity index (χ2n) is 5.82. The summed E-state index contributed by atoms with van der Waals surface area (Å²) < 4.78 is 1.97. The van der Waals surface area contributed by atoms with E-state index in [1.54, 1.807) is 11.0 Å². The van der Waals surface area contributed by atoms with Crippen LogP contribution in [0.4, 0.5) is 5.13 Å². The Labute approximate surface area is 164 Å². The van der Waals surface area contributed by atoms with E-state index in [2.05, 4.69) is 9.88 Å². The van der Waals surface area contributed by atoms with E-state index in [4.69, 9.17) is 23.2 Å². The number of nitrogens with zero attached hydrogens (tertiary/aromatic N) is 3. The monoisotopic (exact) mass is 413 g/mol. The van der Waals surface area contributed by atoms with Crippen molar-refractivity contribution in [2.75, 3.05) is 32.1 Å². The number of hydrogen-bond acceptors (Lipinski definition) is 5. The summed E-state index contributed by atoms with van der Waals surface area (Å²) in [4.78, 5) is 21.5. The maximum absolute atomic E-state index is 13.1. The number of aromatic nitrogens is 1. The number of thiophene rings is 1. The van der Waals surface area contributed by atoms with Gasteiger partial charge in [0.05, 0.1) is 20.1 Å². The lowest BCUT2D eigenvalue weighted by molar-refractivity contribution is 0.0986. The Kier molecular flexibility index (Phi) is 5.96. The van der Waals surface area contributed by atoms with E-state index < -0.39 is 0 Å². The molecule has 2 aromatic heterocycles. The first-order valence-electron chi connectivity index (χ1n) is 7.72. The van der Waals surface area contributed by atoms with Crippen LogP contribution in [0.25, 0.3) is 10.2 Å². The van der Waals surface area contributed by atoms with Gasteiger partial charge in [-0.25, -0.2) is 4.98 Å². The molecule has 0 fully saturated rings. The molecule has 0 bridgehead atoms. The van der Waals surface area contributed by atoms with Crippen LogP contribution in [0.15, 0.2) is 30.3 Å². The molecule has 0 unspecified atom stereocenters. The van der Waals surface area contributed by atoms with Crippen molar-refractivity contribution in [3.8, 4) is 0 Å². The van der Waals surface area contributed by atoms with Gasteiger partial charge in [0.2, 0.25) is 0 Å². The molecule has 132 valence electrons. The maximum Gasteiger partial charge on any atom is 0.262 e. The van der Waals surface area contributed by atoms with Gasteiger partial charge < -0.3 is 4.90 Å². The lowest BCUT2D eigenvalue weighted by Crippen LogP contribution is -2.33. The molecule has 0 aliphatic carbocycles. The Morgan fingerprint density at radius 1 is 1.16 bits per heavy atom. The third-order valence-electron chi connectivity index (χ3n) is 3.63. The van der Waals surface area contributed by atoms with Crippen LogP contribution in [0.1, 0.15) is 16.8 Å². The minimum atomic E-state index is -0.161. The van der Waals surface area contributed by atoms with Gasteiger partial charge in [-0.15, -0.1) is 11.3 Å². The molecular weight excluding hydrogens is 397 g/mol. The van der Waals surface area contributed by atoms with Crippen molar-refractivity contribution in [1.29, 1.82) is 0 Å². The minimum absolute atomic E-state index is 0.161. The highest BCUT2D eigenvalue weighted by molar-refractivity contribution is 7.22. The number of fused-ring (bicyclic) bond motifs is 1. The fourth-order valence-electron chi connectivity index (χ4n) is 2.44. The zero-order chi connectivity index (χ0) is 18.0. The Bertz CT molecular complexity index is 858. The Hall–Kier alpha value is -1.18. The number of para-hydroxylation sites is 1. The summed E-state index contributed by atoms with van der Waals surface area (Å²) in [6.45, 7) is 1.45. The van der Waals surface area contributed by atoms with Crippen molar-refractivity contribution < 1.29 is 4.79 Å². The van der Waals surface area contributed by atoms with Gasteiger partial charge in [-0.3, -0.25) is 9.69 Å². The molecule has 0 aliphatic rings. The second-order valence-corrected chi connectivity index (χ2v) is 9.11. The van der Waals surface area contributed by atoms with Crippen LogP contribution in [0, 0.1) is 0 Å². The molecule has 0 saturated heterocycles. The van der Waals surface area contributed by atoms with E-state index >= 15 is 0 Å². The summed E-state index contributed by atoms with van der Waals surface area (Å²) in [5.41, 5.74) is 1.32. The van der Waals surface area contributed by atoms with Crippen molar-refractivity contribution in [2.24, 2.45) is 0 Å². The van der Waals surface area contributed by atoms with Gasteiger partial charge in [-0.05, 0) is 45.3 Å². The number of thiazole rings is 1. The number of carbonyl (C=O) groups is 1. The number of amides is 1. The van der Waals surface area contributed by atoms with Crippen LogP contribution < -0.4 is 4.90 Å². The molecule has 3 aromatic rings. The number of hydrogen-bond donors (Lipinski definition) is 0. The number of benzene rings is 1. The van der Waals surface area contributed by atoms with Gasteiger partial charge in [0, 0.05) is 6.54 Å². The molecule has 2 heterocycles. The summed E-state index contributed by atoms with van der Waals surface area (Å²) in [5.74, 6) is -0.161. The normalized spacial score (nSPS) is 11.4. The van der Waals surface area contributed by atoms with Crippen LogP contribution in [0.2, 0.25) is 8.67 Å². The molecule has 0 atom stereocenters. The van der Waals surface area contributed by atoms with Crippen LogP contribution in [0.3, 0.4) is 0 Å². The Morgan fingerprint density at radius 2 is 1.92 bits per heavy atom. The maximum atomic E-state index is 13.1. The average Bonchev–Trinajstić information content (AvgIpc) is 3.13. The molecule has 0 spiro atoms. The zero-order valence-corrected chi connectivity index (χ0v) is 17.0. The first-order chi connectivity index (χ1) is 12.0. The summed E-state index contributed by atoms with van der Waals surface area (Å²) in [6, 6.07) is 9.50. The van der Waals surface area contributed by atoms with Gasteiger partial charge >= 0.3 is 0 Å². The molecule has 25 heavy (non-hydrogen) atoms. The van der Waals surface area contributed by atoms with Crippen LogP contribution in [0.5, 0.6) is 0 Å². The molecule has 3 rings (SSSR count). The van der Waals surface area contributed by atoms with E-state index in [1.807, 2.05) is 38.4 Å². The highest BCUT2D eigenvalue weighted by atomic mass is 35.5. The van der Waals surface area contributed by atoms with Gasteiger partial charge in [0.25, 0.3) is 5.91 Å². The summed E-state index contributed by atoms with van der Waals surface area (Å²) in [5, 5.41) is 0.684. The first-order valence-corrected chi connectivity index (χ1v) is 10.1. The number of anilines is 1. The highest BCUT2D eigenvalue weighted by Crippen LogP contribution is 2.35. The minimum Gasteiger partial charge on any atom is -0.309 e. The third kappa shape index (κ3) is 4.33. The second kappa shape index (κ2) is 8.01. The SMILES string of the molecule is CN(C)CCCN(C(=O)c1cc(Cl)sc1Cl)c1nc2ccccc2s1. The van der Waals surface area contributed by atoms with Gasteiger partial charge in [-0.1, -0.05) is 46.7 Å². The summed E-state index contributed by atoms with van der Waals surface area (Å²) in [7, 11) is 4.03. The predicted octanol–water partition coefficient (Wildman–Crippen LogP) is 5.26. The molecule has 0 saturated carbocycles. The molecule has 0 aliphatic heterocycles. The molecule has 1 amide bonds. The molecular formula is C17H17Cl2N3OS2. The standard InChI is InChI=1S/C17H17Cl2N3OS2/c1-21(2)8-5-9-22(16(23)11-10-14(18)25-15(11)19)17-20-12-6-3-4-7-13(12)24-17/h3-4,6-7,10H,5,8-9H2,1-2H3. The van der Waals surface area contributed by atoms with Gasteiger partial charge in [0.1, 0.15) is 4.34 Å². The van der Waals surface area contributed by atoms with Crippen molar-refractivity contribution in [1.82, 2.24) is 9.88 Å². The lowest BCUT2D eigenvalue weighted by atomic mass is 10.3. The van der Waals surface area contributed by atoms with Crippen molar-refractivity contribution >= 4 is 67.1 Å². The third-order valence-corrected chi connectivity index (χ3v) is 6.18. The molecule has 0 N–H and O–H groups in total. The zero-order valence-electron chi connectivity index (χ0n) is 13.8. The first kappa shape index (κ1) is 18.6. The molecule has 4 nitrogen and oxygen atoms in total. The van der Waals surface area contributed by atoms with Crippen LogP contribution in [-0.4, -0.2) is 43.0 Å². The fourth-order valence-corrected chi connectivity index (χ4v) is 4.87. The number of rotatable bonds is 6. The highest BCUT2D eigenvalue weighted by Gasteiger charge is 2.24. The lowest BCUT2D eigenvalue weighted by Gasteiger charge is -2.20. The molecule has 8 heteroatoms. The van der Waals surface area contributed by atoms with Gasteiger partial charge in [0.15, 0.2) is 5.13 Å². The average molecular weight is 414 g/mol. The van der Waals surface area contributed by atoms with E-state index in [9.17, 15) is 4.79 Å². The number of halogens is 2. The van der Waals surface area contributed by atoms with E-state index in [0.717, 1.165) is 23.2 Å². The Balaban J connectivity index is 1.93. The van der Waals surface area contributed by atoms with Crippen LogP contribution in [-0.2, 0) is 0 Å². The smallest absolute Gasteiger partial charge is 0.262 e. The van der Waals surface area contributed by atoms with E-state index in [0.29, 0.717) is 25.9 Å². The van der Waals surface area contributed by atoms with Crippen molar-refractivity contribution in [3.05, 3.63) is 44.6 Å². The van der Waals surface area contributed by atoms with E-state index in [-0.39, 0.29) is 5.91 Å². The topological polar surface area (TPSA) is 36.4 Å². The van der Waals surface area contributed by atoms with Crippen molar-refractivity contribution in [3.63, 3.8) is 0 Å². The molecule has 0 radical (unpaired) electrons. The largest absolute Gasteiger partial charge is 0.309 e. The van der Waals surface area contributed by atoms with Crippen LogP contribution >= 0.6 is 45.9 Å². The fraction of sp³-hybridized carbons (Fsp3) is 0.294. The van der Waals surface area contributed by atoms with Crippen molar-refractivity contribution in [2.45, 2.75) is 6.42 Å². The quantitative estimate of drug-likeness (QED) is 0.552. The predicted molar refractivity (Wildman–Crippen MR) is 109 cm³/mol. The summed E-state index contributed by atoms with van der Waals surface area (Å²) in [6.07, 6.45) is 0.837. The van der Waals surface area contributed by atoms with E-state index in [1.165, 1.54) is 22.7 Å². The summed E-state index contributed by atoms with van der Waals surface area (Å²) >= 11 is 14.9. The molecule has 1 aromatic carbocycles. The Morgan fingerprint density at radius 3 is 2.56 bits per heavy atom.